The van der Waals surface area contributed by atoms with Crippen LogP contribution in [0.25, 0.3) is 5.69 Å². The first-order valence-corrected chi connectivity index (χ1v) is 11.2. The van der Waals surface area contributed by atoms with Crippen LogP contribution in [0.2, 0.25) is 0 Å². The Bertz CT molecular complexity index is 1150. The first-order chi connectivity index (χ1) is 14.3. The fourth-order valence-corrected chi connectivity index (χ4v) is 4.08. The summed E-state index contributed by atoms with van der Waals surface area (Å²) in [6.45, 7) is 3.62. The van der Waals surface area contributed by atoms with E-state index in [4.69, 9.17) is 0 Å². The number of nitrogens with one attached hydrogen (secondary N) is 1. The van der Waals surface area contributed by atoms with E-state index in [0.29, 0.717) is 5.69 Å². The molecule has 0 fully saturated rings. The van der Waals surface area contributed by atoms with Crippen molar-refractivity contribution < 1.29 is 13.2 Å². The van der Waals surface area contributed by atoms with Gasteiger partial charge in [-0.3, -0.25) is 9.10 Å². The van der Waals surface area contributed by atoms with Crippen LogP contribution in [0, 0.1) is 13.8 Å². The molecule has 8 heteroatoms. The fraction of sp³-hybridized carbons (Fsp3) is 0.182. The van der Waals surface area contributed by atoms with E-state index < -0.39 is 15.9 Å². The van der Waals surface area contributed by atoms with Crippen LogP contribution in [-0.2, 0) is 14.8 Å². The van der Waals surface area contributed by atoms with Gasteiger partial charge in [-0.05, 0) is 44.2 Å². The van der Waals surface area contributed by atoms with Crippen molar-refractivity contribution in [2.24, 2.45) is 5.10 Å². The maximum atomic E-state index is 12.3. The number of aromatic nitrogens is 1. The minimum atomic E-state index is -3.61. The van der Waals surface area contributed by atoms with Crippen LogP contribution in [-0.4, -0.2) is 37.9 Å². The molecule has 0 unspecified atom stereocenters. The SMILES string of the molecule is Cc1cc(/C=N/NC(=O)CN(c2ccccc2)S(C)(=O)=O)c(C)n1-c1ccccc1. The molecular formula is C22H24N4O3S. The highest BCUT2D eigenvalue weighted by Crippen LogP contribution is 2.19. The van der Waals surface area contributed by atoms with E-state index in [0.717, 1.165) is 33.2 Å². The summed E-state index contributed by atoms with van der Waals surface area (Å²) in [5.41, 5.74) is 6.77. The van der Waals surface area contributed by atoms with Crippen LogP contribution >= 0.6 is 0 Å². The number of hydrogen-bond acceptors (Lipinski definition) is 4. The molecule has 2 aromatic carbocycles. The molecule has 0 saturated heterocycles. The summed E-state index contributed by atoms with van der Waals surface area (Å²) in [7, 11) is -3.61. The van der Waals surface area contributed by atoms with Gasteiger partial charge in [0.05, 0.1) is 18.2 Å². The van der Waals surface area contributed by atoms with Gasteiger partial charge in [-0.1, -0.05) is 36.4 Å². The minimum absolute atomic E-state index is 0.358. The van der Waals surface area contributed by atoms with Crippen molar-refractivity contribution in [1.82, 2.24) is 9.99 Å². The molecule has 3 rings (SSSR count). The van der Waals surface area contributed by atoms with Gasteiger partial charge in [0, 0.05) is 22.6 Å². The Labute approximate surface area is 176 Å². The molecule has 0 aliphatic heterocycles. The van der Waals surface area contributed by atoms with Crippen molar-refractivity contribution in [3.05, 3.63) is 83.7 Å². The second-order valence-corrected chi connectivity index (χ2v) is 8.80. The van der Waals surface area contributed by atoms with Crippen molar-refractivity contribution in [3.63, 3.8) is 0 Å². The second-order valence-electron chi connectivity index (χ2n) is 6.90. The maximum Gasteiger partial charge on any atom is 0.260 e. The number of carbonyl (C=O) groups excluding carboxylic acids is 1. The Balaban J connectivity index is 1.72. The molecule has 156 valence electrons. The first-order valence-electron chi connectivity index (χ1n) is 9.36. The number of hydrazone groups is 1. The highest BCUT2D eigenvalue weighted by molar-refractivity contribution is 7.92. The molecule has 1 N–H and O–H groups in total. The van der Waals surface area contributed by atoms with E-state index in [1.807, 2.05) is 50.2 Å². The average Bonchev–Trinajstić information content (AvgIpc) is 3.00. The number of hydrogen-bond donors (Lipinski definition) is 1. The van der Waals surface area contributed by atoms with Crippen molar-refractivity contribution in [2.75, 3.05) is 17.1 Å². The molecule has 0 bridgehead atoms. The Hall–Kier alpha value is -3.39. The molecule has 0 atom stereocenters. The van der Waals surface area contributed by atoms with E-state index in [1.165, 1.54) is 0 Å². The number of para-hydroxylation sites is 2. The van der Waals surface area contributed by atoms with E-state index in [2.05, 4.69) is 15.1 Å². The van der Waals surface area contributed by atoms with Gasteiger partial charge in [0.2, 0.25) is 10.0 Å². The summed E-state index contributed by atoms with van der Waals surface area (Å²) in [5, 5.41) is 4.02. The smallest absolute Gasteiger partial charge is 0.260 e. The minimum Gasteiger partial charge on any atom is -0.318 e. The molecule has 0 spiro atoms. The molecule has 0 aliphatic carbocycles. The normalized spacial score (nSPS) is 11.6. The van der Waals surface area contributed by atoms with Crippen molar-refractivity contribution in [1.29, 1.82) is 0 Å². The average molecular weight is 425 g/mol. The summed E-state index contributed by atoms with van der Waals surface area (Å²) < 4.78 is 27.3. The molecule has 1 amide bonds. The molecule has 0 aliphatic rings. The van der Waals surface area contributed by atoms with Crippen LogP contribution in [0.5, 0.6) is 0 Å². The van der Waals surface area contributed by atoms with E-state index in [9.17, 15) is 13.2 Å². The van der Waals surface area contributed by atoms with Gasteiger partial charge >= 0.3 is 0 Å². The van der Waals surface area contributed by atoms with Gasteiger partial charge in [0.15, 0.2) is 0 Å². The largest absolute Gasteiger partial charge is 0.318 e. The predicted octanol–water partition coefficient (Wildman–Crippen LogP) is 3.01. The number of amides is 1. The first kappa shape index (κ1) is 21.3. The lowest BCUT2D eigenvalue weighted by Crippen LogP contribution is -2.38. The molecule has 7 nitrogen and oxygen atoms in total. The van der Waals surface area contributed by atoms with Gasteiger partial charge in [-0.2, -0.15) is 5.10 Å². The van der Waals surface area contributed by atoms with Gasteiger partial charge in [0.1, 0.15) is 6.54 Å². The zero-order valence-electron chi connectivity index (χ0n) is 17.1. The molecule has 3 aromatic rings. The number of carbonyl (C=O) groups is 1. The standard InChI is InChI=1S/C22H24N4O3S/c1-17-14-19(18(2)26(17)21-12-8-5-9-13-21)15-23-24-22(27)16-25(30(3,28)29)20-10-6-4-7-11-20/h4-15H,16H2,1-3H3,(H,24,27)/b23-15+. The summed E-state index contributed by atoms with van der Waals surface area (Å²) >= 11 is 0. The van der Waals surface area contributed by atoms with E-state index in [-0.39, 0.29) is 6.54 Å². The lowest BCUT2D eigenvalue weighted by molar-refractivity contribution is -0.119. The number of aryl methyl sites for hydroxylation is 1. The van der Waals surface area contributed by atoms with E-state index >= 15 is 0 Å². The van der Waals surface area contributed by atoms with Crippen LogP contribution in [0.3, 0.4) is 0 Å². The van der Waals surface area contributed by atoms with Crippen molar-refractivity contribution in [3.8, 4) is 5.69 Å². The Morgan fingerprint density at radius 1 is 1.07 bits per heavy atom. The quantitative estimate of drug-likeness (QED) is 0.467. The highest BCUT2D eigenvalue weighted by atomic mass is 32.2. The van der Waals surface area contributed by atoms with Crippen molar-refractivity contribution in [2.45, 2.75) is 13.8 Å². The lowest BCUT2D eigenvalue weighted by Gasteiger charge is -2.21. The molecule has 1 aromatic heterocycles. The number of rotatable bonds is 7. The lowest BCUT2D eigenvalue weighted by atomic mass is 10.2. The summed E-state index contributed by atoms with van der Waals surface area (Å²) in [5.74, 6) is -0.530. The predicted molar refractivity (Wildman–Crippen MR) is 120 cm³/mol. The molecular weight excluding hydrogens is 400 g/mol. The summed E-state index contributed by atoms with van der Waals surface area (Å²) in [4.78, 5) is 12.3. The molecule has 0 radical (unpaired) electrons. The monoisotopic (exact) mass is 424 g/mol. The van der Waals surface area contributed by atoms with Gasteiger partial charge in [-0.25, -0.2) is 13.8 Å². The van der Waals surface area contributed by atoms with Crippen LogP contribution in [0.15, 0.2) is 71.8 Å². The Morgan fingerprint density at radius 2 is 1.67 bits per heavy atom. The van der Waals surface area contributed by atoms with E-state index in [1.54, 1.807) is 36.5 Å². The third-order valence-electron chi connectivity index (χ3n) is 4.61. The Morgan fingerprint density at radius 3 is 2.27 bits per heavy atom. The van der Waals surface area contributed by atoms with Gasteiger partial charge in [-0.15, -0.1) is 0 Å². The number of sulfonamides is 1. The molecule has 0 saturated carbocycles. The topological polar surface area (TPSA) is 83.8 Å². The van der Waals surface area contributed by atoms with Gasteiger partial charge in [0.25, 0.3) is 5.91 Å². The fourth-order valence-electron chi connectivity index (χ4n) is 3.23. The zero-order chi connectivity index (χ0) is 21.7. The maximum absolute atomic E-state index is 12.3. The van der Waals surface area contributed by atoms with Gasteiger partial charge < -0.3 is 4.57 Å². The Kier molecular flexibility index (Phi) is 6.37. The number of nitrogens with zero attached hydrogens (tertiary/aromatic N) is 3. The van der Waals surface area contributed by atoms with Crippen LogP contribution in [0.1, 0.15) is 17.0 Å². The summed E-state index contributed by atoms with van der Waals surface area (Å²) in [6.07, 6.45) is 2.63. The van der Waals surface area contributed by atoms with Crippen molar-refractivity contribution >= 4 is 27.8 Å². The number of benzene rings is 2. The number of anilines is 1. The summed E-state index contributed by atoms with van der Waals surface area (Å²) in [6, 6.07) is 20.4. The van der Waals surface area contributed by atoms with Crippen LogP contribution < -0.4 is 9.73 Å². The third-order valence-corrected chi connectivity index (χ3v) is 5.75. The highest BCUT2D eigenvalue weighted by Gasteiger charge is 2.20. The molecule has 30 heavy (non-hydrogen) atoms. The second kappa shape index (κ2) is 8.96. The zero-order valence-corrected chi connectivity index (χ0v) is 17.9. The van der Waals surface area contributed by atoms with Crippen LogP contribution in [0.4, 0.5) is 5.69 Å². The third kappa shape index (κ3) is 4.96. The molecule has 1 heterocycles.